The number of carbonyl (C=O) groups excluding carboxylic acids is 3. The average molecular weight is 943 g/mol. The third kappa shape index (κ3) is 53.0. The molecule has 6 heteroatoms. The zero-order valence-corrected chi connectivity index (χ0v) is 44.1. The van der Waals surface area contributed by atoms with Crippen molar-refractivity contribution in [2.45, 2.75) is 252 Å². The van der Waals surface area contributed by atoms with Gasteiger partial charge in [-0.05, 0) is 128 Å². The summed E-state index contributed by atoms with van der Waals surface area (Å²) < 4.78 is 16.8. The fourth-order valence-electron chi connectivity index (χ4n) is 7.29. The van der Waals surface area contributed by atoms with Gasteiger partial charge in [0.1, 0.15) is 13.2 Å². The predicted molar refractivity (Wildman–Crippen MR) is 293 cm³/mol. The van der Waals surface area contributed by atoms with Gasteiger partial charge in [0.05, 0.1) is 0 Å². The second kappa shape index (κ2) is 55.7. The van der Waals surface area contributed by atoms with Crippen LogP contribution in [0.5, 0.6) is 0 Å². The van der Waals surface area contributed by atoms with Crippen molar-refractivity contribution in [3.63, 3.8) is 0 Å². The van der Waals surface area contributed by atoms with E-state index in [0.717, 1.165) is 116 Å². The maximum atomic E-state index is 12.8. The third-order valence-electron chi connectivity index (χ3n) is 11.5. The highest BCUT2D eigenvalue weighted by Crippen LogP contribution is 2.13. The molecule has 0 aromatic carbocycles. The molecule has 0 aromatic rings. The van der Waals surface area contributed by atoms with Gasteiger partial charge in [0.2, 0.25) is 0 Å². The Balaban J connectivity index is 4.48. The van der Waals surface area contributed by atoms with Gasteiger partial charge in [0.25, 0.3) is 0 Å². The van der Waals surface area contributed by atoms with Crippen molar-refractivity contribution in [2.24, 2.45) is 0 Å². The van der Waals surface area contributed by atoms with E-state index in [0.29, 0.717) is 25.7 Å². The van der Waals surface area contributed by atoms with Crippen LogP contribution in [-0.2, 0) is 28.6 Å². The molecule has 1 unspecified atom stereocenters. The largest absolute Gasteiger partial charge is 0.462 e. The smallest absolute Gasteiger partial charge is 0.306 e. The topological polar surface area (TPSA) is 78.9 Å². The van der Waals surface area contributed by atoms with Gasteiger partial charge in [-0.15, -0.1) is 0 Å². The summed E-state index contributed by atoms with van der Waals surface area (Å²) in [7, 11) is 0. The number of hydrogen-bond donors (Lipinski definition) is 0. The molecule has 6 nitrogen and oxygen atoms in total. The second-order valence-corrected chi connectivity index (χ2v) is 18.1. The fourth-order valence-corrected chi connectivity index (χ4v) is 7.29. The number of hydrogen-bond acceptors (Lipinski definition) is 6. The van der Waals surface area contributed by atoms with Crippen LogP contribution < -0.4 is 0 Å². The first-order chi connectivity index (χ1) is 33.5. The third-order valence-corrected chi connectivity index (χ3v) is 11.5. The number of rotatable bonds is 49. The molecule has 0 saturated heterocycles. The highest BCUT2D eigenvalue weighted by molar-refractivity contribution is 5.71. The molecular formula is C62H102O6. The quantitative estimate of drug-likeness (QED) is 0.0262. The first-order valence-electron chi connectivity index (χ1n) is 27.9. The van der Waals surface area contributed by atoms with Gasteiger partial charge in [-0.1, -0.05) is 207 Å². The van der Waals surface area contributed by atoms with Gasteiger partial charge in [0.15, 0.2) is 6.10 Å². The molecule has 0 rings (SSSR count). The molecule has 386 valence electrons. The molecule has 1 atom stereocenters. The van der Waals surface area contributed by atoms with E-state index in [1.165, 1.54) is 83.5 Å². The number of unbranched alkanes of at least 4 members (excludes halogenated alkanes) is 20. The Morgan fingerprint density at radius 2 is 0.574 bits per heavy atom. The number of esters is 3. The molecular weight excluding hydrogens is 841 g/mol. The van der Waals surface area contributed by atoms with Crippen LogP contribution in [0.1, 0.15) is 245 Å². The van der Waals surface area contributed by atoms with Crippen LogP contribution in [0.25, 0.3) is 0 Å². The van der Waals surface area contributed by atoms with Crippen molar-refractivity contribution >= 4 is 17.9 Å². The van der Waals surface area contributed by atoms with Crippen LogP contribution in [0.15, 0.2) is 109 Å². The Morgan fingerprint density at radius 3 is 0.941 bits per heavy atom. The summed E-state index contributed by atoms with van der Waals surface area (Å²) >= 11 is 0. The normalized spacial score (nSPS) is 12.9. The lowest BCUT2D eigenvalue weighted by molar-refractivity contribution is -0.167. The van der Waals surface area contributed by atoms with E-state index < -0.39 is 6.10 Å². The molecule has 0 amide bonds. The van der Waals surface area contributed by atoms with E-state index in [-0.39, 0.29) is 31.1 Å². The maximum Gasteiger partial charge on any atom is 0.306 e. The summed E-state index contributed by atoms with van der Waals surface area (Å²) in [5.74, 6) is -0.964. The van der Waals surface area contributed by atoms with Crippen LogP contribution in [0.4, 0.5) is 0 Å². The molecule has 0 bridgehead atoms. The number of ether oxygens (including phenoxy) is 3. The zero-order chi connectivity index (χ0) is 49.3. The van der Waals surface area contributed by atoms with Crippen molar-refractivity contribution < 1.29 is 28.6 Å². The van der Waals surface area contributed by atoms with Crippen LogP contribution in [0.3, 0.4) is 0 Å². The SMILES string of the molecule is CC/C=C\C/C=C\C/C=C\C/C=C\C/C=C\C/C=C\CCCCC(=O)OCC(COC(=O)CCCCCCC/C=C\CCCCC)OC(=O)CCCCCCCCC/C=C\C/C=C\CCCCC. The Bertz CT molecular complexity index is 1410. The van der Waals surface area contributed by atoms with Gasteiger partial charge < -0.3 is 14.2 Å². The Labute approximate surface area is 419 Å². The van der Waals surface area contributed by atoms with E-state index in [1.807, 2.05) is 0 Å². The Kier molecular flexibility index (Phi) is 52.4. The van der Waals surface area contributed by atoms with Crippen molar-refractivity contribution in [2.75, 3.05) is 13.2 Å². The van der Waals surface area contributed by atoms with Crippen LogP contribution in [-0.4, -0.2) is 37.2 Å². The standard InChI is InChI=1S/C62H102O6/c1-4-7-10-13-16-19-22-25-27-29-30-31-32-34-35-37-40-43-46-49-52-55-61(64)67-58-59(57-66-60(63)54-51-48-45-42-39-24-21-18-15-12-9-6-3)68-62(65)56-53-50-47-44-41-38-36-33-28-26-23-20-17-14-11-8-5-2/h7,10,16-21,25-28,30-31,34-35,40,43,59H,4-6,8-9,11-15,22-24,29,32-33,36-39,41-42,44-58H2,1-3H3/b10-7-,19-16-,20-17-,21-18-,27-25-,28-26-,31-30-,35-34-,43-40-. The van der Waals surface area contributed by atoms with Crippen LogP contribution in [0, 0.1) is 0 Å². The zero-order valence-electron chi connectivity index (χ0n) is 44.1. The molecule has 0 aliphatic carbocycles. The van der Waals surface area contributed by atoms with Gasteiger partial charge >= 0.3 is 17.9 Å². The monoisotopic (exact) mass is 943 g/mol. The molecule has 0 aliphatic heterocycles. The summed E-state index contributed by atoms with van der Waals surface area (Å²) in [6, 6.07) is 0. The highest BCUT2D eigenvalue weighted by Gasteiger charge is 2.19. The minimum atomic E-state index is -0.805. The first-order valence-corrected chi connectivity index (χ1v) is 27.9. The summed E-state index contributed by atoms with van der Waals surface area (Å²) in [5, 5.41) is 0. The van der Waals surface area contributed by atoms with E-state index in [2.05, 4.69) is 130 Å². The molecule has 0 aliphatic rings. The predicted octanol–water partition coefficient (Wildman–Crippen LogP) is 18.7. The fraction of sp³-hybridized carbons (Fsp3) is 0.661. The Morgan fingerprint density at radius 1 is 0.309 bits per heavy atom. The van der Waals surface area contributed by atoms with Crippen molar-refractivity contribution in [1.29, 1.82) is 0 Å². The van der Waals surface area contributed by atoms with Gasteiger partial charge in [-0.3, -0.25) is 14.4 Å². The maximum absolute atomic E-state index is 12.8. The average Bonchev–Trinajstić information content (AvgIpc) is 3.34. The summed E-state index contributed by atoms with van der Waals surface area (Å²) in [5.41, 5.74) is 0. The molecule has 0 radical (unpaired) electrons. The molecule has 0 spiro atoms. The van der Waals surface area contributed by atoms with Gasteiger partial charge in [-0.2, -0.15) is 0 Å². The summed E-state index contributed by atoms with van der Waals surface area (Å²) in [6.45, 7) is 6.42. The second-order valence-electron chi connectivity index (χ2n) is 18.1. The molecule has 68 heavy (non-hydrogen) atoms. The Hall–Kier alpha value is -3.93. The summed E-state index contributed by atoms with van der Waals surface area (Å²) in [4.78, 5) is 38.1. The number of carbonyl (C=O) groups is 3. The van der Waals surface area contributed by atoms with E-state index in [4.69, 9.17) is 14.2 Å². The van der Waals surface area contributed by atoms with Crippen molar-refractivity contribution in [1.82, 2.24) is 0 Å². The van der Waals surface area contributed by atoms with Gasteiger partial charge in [0, 0.05) is 19.3 Å². The lowest BCUT2D eigenvalue weighted by atomic mass is 10.1. The first kappa shape index (κ1) is 64.1. The minimum absolute atomic E-state index is 0.101. The highest BCUT2D eigenvalue weighted by atomic mass is 16.6. The summed E-state index contributed by atoms with van der Waals surface area (Å²) in [6.07, 6.45) is 75.0. The molecule has 0 aromatic heterocycles. The van der Waals surface area contributed by atoms with E-state index in [9.17, 15) is 14.4 Å². The molecule has 0 fully saturated rings. The van der Waals surface area contributed by atoms with Crippen molar-refractivity contribution in [3.05, 3.63) is 109 Å². The molecule has 0 heterocycles. The van der Waals surface area contributed by atoms with Gasteiger partial charge in [-0.25, -0.2) is 0 Å². The van der Waals surface area contributed by atoms with E-state index in [1.54, 1.807) is 0 Å². The molecule has 0 N–H and O–H groups in total. The van der Waals surface area contributed by atoms with E-state index >= 15 is 0 Å². The molecule has 0 saturated carbocycles. The van der Waals surface area contributed by atoms with Crippen molar-refractivity contribution in [3.8, 4) is 0 Å². The van der Waals surface area contributed by atoms with Crippen LogP contribution >= 0.6 is 0 Å². The lowest BCUT2D eigenvalue weighted by Gasteiger charge is -2.18. The lowest BCUT2D eigenvalue weighted by Crippen LogP contribution is -2.30. The number of allylic oxidation sites excluding steroid dienone is 18. The minimum Gasteiger partial charge on any atom is -0.462 e. The van der Waals surface area contributed by atoms with Crippen LogP contribution in [0.2, 0.25) is 0 Å².